The summed E-state index contributed by atoms with van der Waals surface area (Å²) < 4.78 is 5.39. The minimum atomic E-state index is -0.518. The monoisotopic (exact) mass is 319 g/mol. The number of carbonyl (C=O) groups is 1. The van der Waals surface area contributed by atoms with E-state index in [0.29, 0.717) is 17.3 Å². The van der Waals surface area contributed by atoms with Crippen molar-refractivity contribution >= 4 is 17.3 Å². The van der Waals surface area contributed by atoms with E-state index in [2.05, 4.69) is 23.9 Å². The van der Waals surface area contributed by atoms with Crippen LogP contribution in [-0.2, 0) is 4.74 Å². The third kappa shape index (κ3) is 4.61. The molecule has 2 rings (SSSR count). The maximum Gasteiger partial charge on any atom is 0.340 e. The van der Waals surface area contributed by atoms with E-state index >= 15 is 0 Å². The number of piperidine rings is 1. The van der Waals surface area contributed by atoms with Crippen LogP contribution in [0.2, 0.25) is 0 Å². The van der Waals surface area contributed by atoms with E-state index in [1.165, 1.54) is 0 Å². The fraction of sp³-hybridized carbons (Fsp3) is 0.611. The fourth-order valence-corrected chi connectivity index (χ4v) is 2.91. The molecule has 0 radical (unpaired) electrons. The number of nitrogens with zero attached hydrogens (tertiary/aromatic N) is 2. The summed E-state index contributed by atoms with van der Waals surface area (Å²) in [5.41, 5.74) is 7.56. The number of ether oxygens (including phenoxy) is 1. The molecule has 1 aromatic rings. The van der Waals surface area contributed by atoms with Crippen LogP contribution in [0.3, 0.4) is 0 Å². The molecule has 0 bridgehead atoms. The van der Waals surface area contributed by atoms with Gasteiger partial charge >= 0.3 is 5.97 Å². The lowest BCUT2D eigenvalue weighted by Gasteiger charge is -2.36. The lowest BCUT2D eigenvalue weighted by atomic mass is 10.0. The Bertz CT molecular complexity index is 556. The molecule has 1 aliphatic heterocycles. The number of hydrogen-bond donors (Lipinski definition) is 1. The molecule has 1 aliphatic rings. The van der Waals surface area contributed by atoms with Gasteiger partial charge in [0.05, 0.1) is 5.56 Å². The number of nitrogen functional groups attached to an aromatic ring is 1. The highest BCUT2D eigenvalue weighted by Crippen LogP contribution is 2.26. The average molecular weight is 319 g/mol. The molecule has 0 unspecified atom stereocenters. The molecule has 5 heteroatoms. The van der Waals surface area contributed by atoms with Crippen molar-refractivity contribution < 1.29 is 9.53 Å². The van der Waals surface area contributed by atoms with Gasteiger partial charge in [0.2, 0.25) is 0 Å². The first-order chi connectivity index (χ1) is 10.7. The van der Waals surface area contributed by atoms with Gasteiger partial charge in [-0.1, -0.05) is 0 Å². The maximum atomic E-state index is 12.2. The van der Waals surface area contributed by atoms with Crippen molar-refractivity contribution in [2.75, 3.05) is 37.8 Å². The van der Waals surface area contributed by atoms with Crippen LogP contribution in [0, 0.1) is 0 Å². The number of carbonyl (C=O) groups excluding carboxylic acids is 1. The Labute approximate surface area is 139 Å². The first kappa shape index (κ1) is 17.6. The predicted molar refractivity (Wildman–Crippen MR) is 94.9 cm³/mol. The maximum absolute atomic E-state index is 12.2. The molecular weight excluding hydrogens is 290 g/mol. The van der Waals surface area contributed by atoms with Crippen LogP contribution in [0.25, 0.3) is 0 Å². The molecule has 0 amide bonds. The zero-order chi connectivity index (χ0) is 17.2. The molecule has 0 saturated carbocycles. The molecule has 0 spiro atoms. The fourth-order valence-electron chi connectivity index (χ4n) is 2.91. The van der Waals surface area contributed by atoms with Crippen molar-refractivity contribution in [2.45, 2.75) is 45.3 Å². The Morgan fingerprint density at radius 2 is 1.87 bits per heavy atom. The highest BCUT2D eigenvalue weighted by Gasteiger charge is 2.23. The van der Waals surface area contributed by atoms with Crippen molar-refractivity contribution in [3.05, 3.63) is 23.8 Å². The Kier molecular flexibility index (Phi) is 5.19. The molecule has 1 heterocycles. The predicted octanol–water partition coefficient (Wildman–Crippen LogP) is 2.75. The zero-order valence-corrected chi connectivity index (χ0v) is 14.9. The lowest BCUT2D eigenvalue weighted by molar-refractivity contribution is 0.00708. The van der Waals surface area contributed by atoms with Crippen LogP contribution in [0.15, 0.2) is 18.2 Å². The average Bonchev–Trinajstić information content (AvgIpc) is 2.45. The van der Waals surface area contributed by atoms with Crippen LogP contribution >= 0.6 is 0 Å². The summed E-state index contributed by atoms with van der Waals surface area (Å²) in [4.78, 5) is 16.8. The highest BCUT2D eigenvalue weighted by molar-refractivity contribution is 5.96. The Morgan fingerprint density at radius 3 is 2.35 bits per heavy atom. The summed E-state index contributed by atoms with van der Waals surface area (Å²) in [7, 11) is 4.27. The van der Waals surface area contributed by atoms with Gasteiger partial charge < -0.3 is 20.3 Å². The number of anilines is 2. The molecule has 128 valence electrons. The topological polar surface area (TPSA) is 58.8 Å². The Hall–Kier alpha value is -1.75. The zero-order valence-electron chi connectivity index (χ0n) is 14.9. The van der Waals surface area contributed by atoms with E-state index in [-0.39, 0.29) is 5.97 Å². The van der Waals surface area contributed by atoms with Gasteiger partial charge in [0.1, 0.15) is 5.60 Å². The Balaban J connectivity index is 2.07. The summed E-state index contributed by atoms with van der Waals surface area (Å²) in [6, 6.07) is 6.27. The molecule has 1 fully saturated rings. The summed E-state index contributed by atoms with van der Waals surface area (Å²) in [6.45, 7) is 7.57. The quantitative estimate of drug-likeness (QED) is 0.686. The molecule has 0 aromatic heterocycles. The van der Waals surface area contributed by atoms with E-state index in [1.807, 2.05) is 32.9 Å². The number of nitrogens with two attached hydrogens (primary N) is 1. The van der Waals surface area contributed by atoms with Crippen molar-refractivity contribution in [1.29, 1.82) is 0 Å². The van der Waals surface area contributed by atoms with Crippen LogP contribution in [-0.4, -0.2) is 49.7 Å². The van der Waals surface area contributed by atoms with Gasteiger partial charge in [0, 0.05) is 30.5 Å². The summed E-state index contributed by atoms with van der Waals surface area (Å²) in [5, 5.41) is 0. The smallest absolute Gasteiger partial charge is 0.340 e. The number of rotatable bonds is 3. The molecule has 2 N–H and O–H groups in total. The number of benzene rings is 1. The summed E-state index contributed by atoms with van der Waals surface area (Å²) >= 11 is 0. The molecule has 23 heavy (non-hydrogen) atoms. The second-order valence-corrected chi connectivity index (χ2v) is 7.46. The van der Waals surface area contributed by atoms with E-state index in [0.717, 1.165) is 31.6 Å². The standard InChI is InChI=1S/C18H29N3O2/c1-18(2,3)23-17(22)15-7-6-14(12-16(15)19)21-10-8-13(9-11-21)20(4)5/h6-7,12-13H,8-11,19H2,1-5H3. The van der Waals surface area contributed by atoms with Crippen molar-refractivity contribution in [3.8, 4) is 0 Å². The largest absolute Gasteiger partial charge is 0.456 e. The van der Waals surface area contributed by atoms with Gasteiger partial charge in [-0.05, 0) is 65.9 Å². The van der Waals surface area contributed by atoms with Gasteiger partial charge in [-0.25, -0.2) is 4.79 Å². The van der Waals surface area contributed by atoms with Gasteiger partial charge in [-0.15, -0.1) is 0 Å². The number of hydrogen-bond acceptors (Lipinski definition) is 5. The molecule has 0 atom stereocenters. The molecule has 1 saturated heterocycles. The summed E-state index contributed by atoms with van der Waals surface area (Å²) in [6.07, 6.45) is 2.28. The first-order valence-corrected chi connectivity index (χ1v) is 8.21. The SMILES string of the molecule is CN(C)C1CCN(c2ccc(C(=O)OC(C)(C)C)c(N)c2)CC1. The van der Waals surface area contributed by atoms with E-state index in [4.69, 9.17) is 10.5 Å². The van der Waals surface area contributed by atoms with Gasteiger partial charge in [0.15, 0.2) is 0 Å². The third-order valence-corrected chi connectivity index (χ3v) is 4.21. The van der Waals surface area contributed by atoms with Crippen LogP contribution in [0.4, 0.5) is 11.4 Å². The van der Waals surface area contributed by atoms with Crippen LogP contribution < -0.4 is 10.6 Å². The van der Waals surface area contributed by atoms with Crippen molar-refractivity contribution in [1.82, 2.24) is 4.90 Å². The number of esters is 1. The van der Waals surface area contributed by atoms with Crippen LogP contribution in [0.5, 0.6) is 0 Å². The second-order valence-electron chi connectivity index (χ2n) is 7.46. The minimum Gasteiger partial charge on any atom is -0.456 e. The van der Waals surface area contributed by atoms with Gasteiger partial charge in [0.25, 0.3) is 0 Å². The second kappa shape index (κ2) is 6.79. The normalized spacial score (nSPS) is 16.7. The van der Waals surface area contributed by atoms with Crippen LogP contribution in [0.1, 0.15) is 44.0 Å². The molecular formula is C18H29N3O2. The van der Waals surface area contributed by atoms with E-state index < -0.39 is 5.60 Å². The Morgan fingerprint density at radius 1 is 1.26 bits per heavy atom. The van der Waals surface area contributed by atoms with Gasteiger partial charge in [-0.3, -0.25) is 0 Å². The van der Waals surface area contributed by atoms with E-state index in [1.54, 1.807) is 6.07 Å². The molecule has 0 aliphatic carbocycles. The third-order valence-electron chi connectivity index (χ3n) is 4.21. The van der Waals surface area contributed by atoms with Crippen molar-refractivity contribution in [3.63, 3.8) is 0 Å². The summed E-state index contributed by atoms with van der Waals surface area (Å²) in [5.74, 6) is -0.368. The molecule has 5 nitrogen and oxygen atoms in total. The van der Waals surface area contributed by atoms with Gasteiger partial charge in [-0.2, -0.15) is 0 Å². The van der Waals surface area contributed by atoms with Crippen molar-refractivity contribution in [2.24, 2.45) is 0 Å². The molecule has 1 aromatic carbocycles. The van der Waals surface area contributed by atoms with E-state index in [9.17, 15) is 4.79 Å². The highest BCUT2D eigenvalue weighted by atomic mass is 16.6. The minimum absolute atomic E-state index is 0.368. The first-order valence-electron chi connectivity index (χ1n) is 8.21. The lowest BCUT2D eigenvalue weighted by Crippen LogP contribution is -2.42.